The van der Waals surface area contributed by atoms with Gasteiger partial charge in [-0.25, -0.2) is 4.98 Å². The Morgan fingerprint density at radius 2 is 2.24 bits per heavy atom. The summed E-state index contributed by atoms with van der Waals surface area (Å²) in [6.07, 6.45) is 2.80. The smallest absolute Gasteiger partial charge is 0.237 e. The molecule has 2 amide bonds. The van der Waals surface area contributed by atoms with Gasteiger partial charge in [-0.05, 0) is 24.8 Å². The molecule has 0 aliphatic carbocycles. The van der Waals surface area contributed by atoms with Gasteiger partial charge in [0.25, 0.3) is 0 Å². The third kappa shape index (κ3) is 4.87. The average molecular weight is 379 g/mol. The zero-order valence-electron chi connectivity index (χ0n) is 14.1. The van der Waals surface area contributed by atoms with Gasteiger partial charge in [-0.15, -0.1) is 22.7 Å². The molecule has 0 spiro atoms. The Morgan fingerprint density at radius 1 is 1.36 bits per heavy atom. The van der Waals surface area contributed by atoms with Crippen LogP contribution in [0.5, 0.6) is 0 Å². The molecule has 1 aliphatic rings. The lowest BCUT2D eigenvalue weighted by Gasteiger charge is -2.22. The van der Waals surface area contributed by atoms with Gasteiger partial charge in [0.05, 0.1) is 19.0 Å². The van der Waals surface area contributed by atoms with Crippen molar-refractivity contribution in [3.63, 3.8) is 0 Å². The number of rotatable bonds is 7. The second-order valence-electron chi connectivity index (χ2n) is 6.02. The molecule has 2 atom stereocenters. The Balaban J connectivity index is 1.61. The number of carbonyl (C=O) groups excluding carboxylic acids is 2. The highest BCUT2D eigenvalue weighted by molar-refractivity contribution is 7.10. The van der Waals surface area contributed by atoms with Crippen molar-refractivity contribution in [2.45, 2.75) is 38.4 Å². The maximum absolute atomic E-state index is 12.4. The normalized spacial score (nSPS) is 20.5. The van der Waals surface area contributed by atoms with Gasteiger partial charge < -0.3 is 10.6 Å². The van der Waals surface area contributed by atoms with Crippen LogP contribution in [0.25, 0.3) is 0 Å². The van der Waals surface area contributed by atoms with Crippen LogP contribution < -0.4 is 10.6 Å². The fourth-order valence-corrected chi connectivity index (χ4v) is 4.45. The molecule has 0 bridgehead atoms. The monoisotopic (exact) mass is 378 g/mol. The third-order valence-corrected chi connectivity index (χ3v) is 5.80. The Kier molecular flexibility index (Phi) is 6.17. The molecule has 0 saturated carbocycles. The highest BCUT2D eigenvalue weighted by Crippen LogP contribution is 2.22. The number of carbonyl (C=O) groups is 2. The van der Waals surface area contributed by atoms with E-state index in [9.17, 15) is 9.59 Å². The molecular weight excluding hydrogens is 356 g/mol. The summed E-state index contributed by atoms with van der Waals surface area (Å²) in [5.74, 6) is 0.0345. The number of aromatic nitrogens is 1. The number of nitrogens with zero attached hydrogens (tertiary/aromatic N) is 2. The summed E-state index contributed by atoms with van der Waals surface area (Å²) in [5, 5.41) is 10.9. The molecule has 0 unspecified atom stereocenters. The van der Waals surface area contributed by atoms with Crippen LogP contribution in [0.2, 0.25) is 0 Å². The quantitative estimate of drug-likeness (QED) is 0.768. The average Bonchev–Trinajstić information content (AvgIpc) is 3.30. The van der Waals surface area contributed by atoms with Gasteiger partial charge in [-0.3, -0.25) is 14.5 Å². The maximum Gasteiger partial charge on any atom is 0.237 e. The van der Waals surface area contributed by atoms with Crippen LogP contribution in [-0.2, 0) is 22.6 Å². The van der Waals surface area contributed by atoms with E-state index in [4.69, 9.17) is 0 Å². The van der Waals surface area contributed by atoms with Crippen LogP contribution in [0.3, 0.4) is 0 Å². The van der Waals surface area contributed by atoms with E-state index in [2.05, 4.69) is 20.5 Å². The van der Waals surface area contributed by atoms with Crippen molar-refractivity contribution in [1.29, 1.82) is 0 Å². The molecule has 6 nitrogen and oxygen atoms in total. The van der Waals surface area contributed by atoms with Crippen LogP contribution in [0.15, 0.2) is 29.1 Å². The number of nitrogens with one attached hydrogen (secondary N) is 2. The molecule has 25 heavy (non-hydrogen) atoms. The van der Waals surface area contributed by atoms with Crippen molar-refractivity contribution >= 4 is 34.5 Å². The molecule has 8 heteroatoms. The fraction of sp³-hybridized carbons (Fsp3) is 0.471. The van der Waals surface area contributed by atoms with Crippen molar-refractivity contribution in [2.75, 3.05) is 13.1 Å². The van der Waals surface area contributed by atoms with E-state index in [0.717, 1.165) is 9.88 Å². The summed E-state index contributed by atoms with van der Waals surface area (Å²) >= 11 is 3.17. The number of likely N-dealkylation sites (N-methyl/N-ethyl adjacent to an activating group) is 1. The molecule has 1 aliphatic heterocycles. The highest BCUT2D eigenvalue weighted by atomic mass is 32.1. The molecule has 0 aromatic carbocycles. The van der Waals surface area contributed by atoms with Gasteiger partial charge in [0.1, 0.15) is 5.01 Å². The predicted molar refractivity (Wildman–Crippen MR) is 99.6 cm³/mol. The lowest BCUT2D eigenvalue weighted by Crippen LogP contribution is -2.42. The van der Waals surface area contributed by atoms with Crippen molar-refractivity contribution in [3.05, 3.63) is 39.0 Å². The van der Waals surface area contributed by atoms with Crippen molar-refractivity contribution in [3.8, 4) is 0 Å². The second kappa shape index (κ2) is 8.55. The van der Waals surface area contributed by atoms with E-state index >= 15 is 0 Å². The SMILES string of the molecule is CCNC(=O)[C@@H]1C[C@H](NC(=O)Cc2cccs2)CN1Cc1nccs1. The van der Waals surface area contributed by atoms with E-state index < -0.39 is 0 Å². The van der Waals surface area contributed by atoms with Crippen molar-refractivity contribution in [1.82, 2.24) is 20.5 Å². The molecule has 134 valence electrons. The zero-order valence-corrected chi connectivity index (χ0v) is 15.7. The molecule has 2 aromatic heterocycles. The zero-order chi connectivity index (χ0) is 17.6. The van der Waals surface area contributed by atoms with Gasteiger partial charge >= 0.3 is 0 Å². The van der Waals surface area contributed by atoms with Gasteiger partial charge in [0, 0.05) is 35.6 Å². The summed E-state index contributed by atoms with van der Waals surface area (Å²) in [4.78, 5) is 32.1. The second-order valence-corrected chi connectivity index (χ2v) is 8.03. The number of hydrogen-bond donors (Lipinski definition) is 2. The van der Waals surface area contributed by atoms with Gasteiger partial charge in [0.2, 0.25) is 11.8 Å². The van der Waals surface area contributed by atoms with Crippen LogP contribution in [0.4, 0.5) is 0 Å². The minimum Gasteiger partial charge on any atom is -0.355 e. The Bertz CT molecular complexity index is 688. The Hall–Kier alpha value is -1.77. The molecule has 0 radical (unpaired) electrons. The molecule has 3 rings (SSSR count). The molecular formula is C17H22N4O2S2. The third-order valence-electron chi connectivity index (χ3n) is 4.16. The molecule has 2 aromatic rings. The number of thiazole rings is 1. The standard InChI is InChI=1S/C17H22N4O2S2/c1-2-18-17(23)14-8-12(10-21(14)11-16-19-5-7-25-16)20-15(22)9-13-4-3-6-24-13/h3-7,12,14H,2,8-11H2,1H3,(H,18,23)(H,20,22)/t12-,14-/m0/s1. The summed E-state index contributed by atoms with van der Waals surface area (Å²) < 4.78 is 0. The van der Waals surface area contributed by atoms with E-state index in [1.165, 1.54) is 0 Å². The summed E-state index contributed by atoms with van der Waals surface area (Å²) in [6.45, 7) is 3.82. The fourth-order valence-electron chi connectivity index (χ4n) is 3.10. The largest absolute Gasteiger partial charge is 0.355 e. The van der Waals surface area contributed by atoms with E-state index in [0.29, 0.717) is 32.5 Å². The Labute approximate surface area is 155 Å². The van der Waals surface area contributed by atoms with Crippen molar-refractivity contribution in [2.24, 2.45) is 0 Å². The number of amides is 2. The molecule has 1 fully saturated rings. The minimum atomic E-state index is -0.226. The Morgan fingerprint density at radius 3 is 2.92 bits per heavy atom. The number of likely N-dealkylation sites (tertiary alicyclic amines) is 1. The van der Waals surface area contributed by atoms with E-state index in [-0.39, 0.29) is 23.9 Å². The first-order valence-electron chi connectivity index (χ1n) is 8.37. The van der Waals surface area contributed by atoms with Gasteiger partial charge in [-0.2, -0.15) is 0 Å². The summed E-state index contributed by atoms with van der Waals surface area (Å²) in [6, 6.07) is 3.67. The van der Waals surface area contributed by atoms with Crippen LogP contribution in [-0.4, -0.2) is 46.9 Å². The predicted octanol–water partition coefficient (Wildman–Crippen LogP) is 1.64. The first-order chi connectivity index (χ1) is 12.2. The van der Waals surface area contributed by atoms with Crippen molar-refractivity contribution < 1.29 is 9.59 Å². The number of hydrogen-bond acceptors (Lipinski definition) is 6. The topological polar surface area (TPSA) is 74.3 Å². The van der Waals surface area contributed by atoms with Crippen LogP contribution in [0.1, 0.15) is 23.2 Å². The lowest BCUT2D eigenvalue weighted by molar-refractivity contribution is -0.125. The lowest BCUT2D eigenvalue weighted by atomic mass is 10.1. The summed E-state index contributed by atoms with van der Waals surface area (Å²) in [5.41, 5.74) is 0. The minimum absolute atomic E-state index is 0.0122. The van der Waals surface area contributed by atoms with E-state index in [1.807, 2.05) is 29.8 Å². The summed E-state index contributed by atoms with van der Waals surface area (Å²) in [7, 11) is 0. The highest BCUT2D eigenvalue weighted by Gasteiger charge is 2.37. The van der Waals surface area contributed by atoms with Crippen LogP contribution in [0, 0.1) is 0 Å². The molecule has 2 N–H and O–H groups in total. The first kappa shape index (κ1) is 18.0. The van der Waals surface area contributed by atoms with Crippen LogP contribution >= 0.6 is 22.7 Å². The van der Waals surface area contributed by atoms with Gasteiger partial charge in [-0.1, -0.05) is 6.07 Å². The molecule has 3 heterocycles. The first-order valence-corrected chi connectivity index (χ1v) is 10.1. The number of thiophene rings is 1. The van der Waals surface area contributed by atoms with Gasteiger partial charge in [0.15, 0.2) is 0 Å². The molecule has 1 saturated heterocycles. The van der Waals surface area contributed by atoms with E-state index in [1.54, 1.807) is 28.9 Å². The maximum atomic E-state index is 12.4.